The third kappa shape index (κ3) is 5.38. The smallest absolute Gasteiger partial charge is 0.0573 e. The molecule has 1 aromatic rings. The number of hydrogen-bond donors (Lipinski definition) is 2. The van der Waals surface area contributed by atoms with E-state index in [-0.39, 0.29) is 6.61 Å². The first-order valence-electron chi connectivity index (χ1n) is 6.74. The highest BCUT2D eigenvalue weighted by Gasteiger charge is 2.09. The van der Waals surface area contributed by atoms with Crippen LogP contribution in [-0.4, -0.2) is 29.0 Å². The zero-order valence-electron chi connectivity index (χ0n) is 11.4. The summed E-state index contributed by atoms with van der Waals surface area (Å²) in [5, 5.41) is 12.2. The molecule has 0 bridgehead atoms. The Kier molecular flexibility index (Phi) is 8.05. The topological polar surface area (TPSA) is 45.1 Å². The van der Waals surface area contributed by atoms with Gasteiger partial charge in [0.25, 0.3) is 0 Å². The van der Waals surface area contributed by atoms with E-state index in [1.165, 1.54) is 4.90 Å². The van der Waals surface area contributed by atoms with Crippen LogP contribution in [0.1, 0.15) is 44.8 Å². The lowest BCUT2D eigenvalue weighted by Gasteiger charge is -2.16. The maximum Gasteiger partial charge on any atom is 0.0573 e. The minimum atomic E-state index is 0.261. The molecule has 0 aliphatic rings. The number of hydrogen-bond acceptors (Lipinski definition) is 4. The molecular weight excluding hydrogens is 244 g/mol. The number of thioether (sulfide) groups is 1. The van der Waals surface area contributed by atoms with E-state index in [0.29, 0.717) is 6.04 Å². The molecule has 0 aliphatic carbocycles. The van der Waals surface area contributed by atoms with Crippen LogP contribution in [0.25, 0.3) is 0 Å². The van der Waals surface area contributed by atoms with Crippen LogP contribution in [-0.2, 0) is 0 Å². The van der Waals surface area contributed by atoms with Crippen molar-refractivity contribution in [2.75, 3.05) is 18.9 Å². The van der Waals surface area contributed by atoms with E-state index in [4.69, 9.17) is 5.11 Å². The zero-order chi connectivity index (χ0) is 13.2. The van der Waals surface area contributed by atoms with Crippen LogP contribution in [0.15, 0.2) is 23.2 Å². The van der Waals surface area contributed by atoms with Gasteiger partial charge in [0.05, 0.1) is 5.69 Å². The summed E-state index contributed by atoms with van der Waals surface area (Å²) in [6.45, 7) is 5.65. The van der Waals surface area contributed by atoms with Crippen molar-refractivity contribution < 1.29 is 5.11 Å². The molecule has 0 fully saturated rings. The molecule has 18 heavy (non-hydrogen) atoms. The SMILES string of the molecule is CCCNC(CC)c1ccc(SCCCO)cn1. The van der Waals surface area contributed by atoms with Crippen molar-refractivity contribution in [2.24, 2.45) is 0 Å². The second-order valence-electron chi connectivity index (χ2n) is 4.26. The van der Waals surface area contributed by atoms with Gasteiger partial charge in [-0.1, -0.05) is 13.8 Å². The van der Waals surface area contributed by atoms with E-state index in [0.717, 1.165) is 37.3 Å². The van der Waals surface area contributed by atoms with Gasteiger partial charge in [0.15, 0.2) is 0 Å². The molecule has 0 aliphatic heterocycles. The lowest BCUT2D eigenvalue weighted by Crippen LogP contribution is -2.22. The first-order chi connectivity index (χ1) is 8.81. The monoisotopic (exact) mass is 268 g/mol. The predicted molar refractivity (Wildman–Crippen MR) is 78.0 cm³/mol. The molecule has 0 aromatic carbocycles. The highest BCUT2D eigenvalue weighted by Crippen LogP contribution is 2.20. The summed E-state index contributed by atoms with van der Waals surface area (Å²) in [5.41, 5.74) is 1.12. The van der Waals surface area contributed by atoms with Crippen LogP contribution < -0.4 is 5.32 Å². The molecule has 3 nitrogen and oxygen atoms in total. The van der Waals surface area contributed by atoms with E-state index < -0.39 is 0 Å². The molecule has 0 saturated carbocycles. The van der Waals surface area contributed by atoms with Gasteiger partial charge in [0, 0.05) is 29.5 Å². The minimum absolute atomic E-state index is 0.261. The van der Waals surface area contributed by atoms with E-state index in [1.807, 2.05) is 6.20 Å². The molecule has 0 saturated heterocycles. The molecule has 1 rings (SSSR count). The number of rotatable bonds is 9. The average molecular weight is 268 g/mol. The van der Waals surface area contributed by atoms with Gasteiger partial charge in [0.2, 0.25) is 0 Å². The average Bonchev–Trinajstić information content (AvgIpc) is 2.41. The molecule has 1 atom stereocenters. The van der Waals surface area contributed by atoms with Crippen LogP contribution >= 0.6 is 11.8 Å². The molecule has 1 aromatic heterocycles. The summed E-state index contributed by atoms with van der Waals surface area (Å²) in [6, 6.07) is 4.60. The summed E-state index contributed by atoms with van der Waals surface area (Å²) in [7, 11) is 0. The number of nitrogens with one attached hydrogen (secondary N) is 1. The maximum absolute atomic E-state index is 8.74. The van der Waals surface area contributed by atoms with Gasteiger partial charge in [-0.2, -0.15) is 0 Å². The lowest BCUT2D eigenvalue weighted by molar-refractivity contribution is 0.296. The molecule has 2 N–H and O–H groups in total. The fourth-order valence-electron chi connectivity index (χ4n) is 1.71. The molecule has 102 valence electrons. The number of pyridine rings is 1. The number of nitrogens with zero attached hydrogens (tertiary/aromatic N) is 1. The lowest BCUT2D eigenvalue weighted by atomic mass is 10.1. The van der Waals surface area contributed by atoms with E-state index in [1.54, 1.807) is 11.8 Å². The third-order valence-electron chi connectivity index (χ3n) is 2.74. The quantitative estimate of drug-likeness (QED) is 0.534. The van der Waals surface area contributed by atoms with Crippen molar-refractivity contribution in [1.82, 2.24) is 10.3 Å². The van der Waals surface area contributed by atoms with Gasteiger partial charge in [-0.3, -0.25) is 4.98 Å². The molecular formula is C14H24N2OS. The highest BCUT2D eigenvalue weighted by atomic mass is 32.2. The zero-order valence-corrected chi connectivity index (χ0v) is 12.2. The van der Waals surface area contributed by atoms with Crippen LogP contribution in [0.4, 0.5) is 0 Å². The Bertz CT molecular complexity index is 316. The van der Waals surface area contributed by atoms with Crippen molar-refractivity contribution in [3.05, 3.63) is 24.0 Å². The van der Waals surface area contributed by atoms with Gasteiger partial charge < -0.3 is 10.4 Å². The molecule has 1 unspecified atom stereocenters. The third-order valence-corrected chi connectivity index (χ3v) is 3.80. The molecule has 1 heterocycles. The van der Waals surface area contributed by atoms with E-state index in [9.17, 15) is 0 Å². The maximum atomic E-state index is 8.74. The highest BCUT2D eigenvalue weighted by molar-refractivity contribution is 7.99. The van der Waals surface area contributed by atoms with Crippen LogP contribution in [0.5, 0.6) is 0 Å². The van der Waals surface area contributed by atoms with Crippen molar-refractivity contribution >= 4 is 11.8 Å². The Balaban J connectivity index is 2.51. The second kappa shape index (κ2) is 9.36. The minimum Gasteiger partial charge on any atom is -0.396 e. The van der Waals surface area contributed by atoms with Crippen molar-refractivity contribution in [2.45, 2.75) is 44.0 Å². The standard InChI is InChI=1S/C14H24N2OS/c1-3-8-15-13(4-2)14-7-6-12(11-16-14)18-10-5-9-17/h6-7,11,13,15,17H,3-5,8-10H2,1-2H3. The summed E-state index contributed by atoms with van der Waals surface area (Å²) < 4.78 is 0. The predicted octanol–water partition coefficient (Wildman–Crippen LogP) is 3.01. The summed E-state index contributed by atoms with van der Waals surface area (Å²) in [4.78, 5) is 5.71. The van der Waals surface area contributed by atoms with E-state index in [2.05, 4.69) is 36.3 Å². The normalized spacial score (nSPS) is 12.6. The van der Waals surface area contributed by atoms with Gasteiger partial charge in [-0.15, -0.1) is 11.8 Å². The Morgan fingerprint density at radius 2 is 2.22 bits per heavy atom. The summed E-state index contributed by atoms with van der Waals surface area (Å²) >= 11 is 1.75. The Morgan fingerprint density at radius 3 is 2.78 bits per heavy atom. The van der Waals surface area contributed by atoms with Gasteiger partial charge in [0.1, 0.15) is 0 Å². The van der Waals surface area contributed by atoms with E-state index >= 15 is 0 Å². The Labute approximate surface area is 114 Å². The Hall–Kier alpha value is -0.580. The van der Waals surface area contributed by atoms with Crippen molar-refractivity contribution in [3.8, 4) is 0 Å². The molecule has 0 amide bonds. The first-order valence-corrected chi connectivity index (χ1v) is 7.73. The summed E-state index contributed by atoms with van der Waals surface area (Å²) in [5.74, 6) is 0.947. The van der Waals surface area contributed by atoms with Crippen LogP contribution in [0.2, 0.25) is 0 Å². The van der Waals surface area contributed by atoms with Crippen molar-refractivity contribution in [1.29, 1.82) is 0 Å². The molecule has 0 spiro atoms. The number of aliphatic hydroxyl groups excluding tert-OH is 1. The first kappa shape index (κ1) is 15.5. The Morgan fingerprint density at radius 1 is 1.39 bits per heavy atom. The van der Waals surface area contributed by atoms with Crippen molar-refractivity contribution in [3.63, 3.8) is 0 Å². The molecule has 0 radical (unpaired) electrons. The van der Waals surface area contributed by atoms with Crippen LogP contribution in [0, 0.1) is 0 Å². The number of aliphatic hydroxyl groups is 1. The largest absolute Gasteiger partial charge is 0.396 e. The van der Waals surface area contributed by atoms with Crippen LogP contribution in [0.3, 0.4) is 0 Å². The summed E-state index contributed by atoms with van der Waals surface area (Å²) in [6.07, 6.45) is 4.98. The van der Waals surface area contributed by atoms with Gasteiger partial charge in [-0.05, 0) is 37.9 Å². The number of aromatic nitrogens is 1. The molecule has 4 heteroatoms. The van der Waals surface area contributed by atoms with Gasteiger partial charge >= 0.3 is 0 Å². The fraction of sp³-hybridized carbons (Fsp3) is 0.643. The fourth-order valence-corrected chi connectivity index (χ4v) is 2.52. The second-order valence-corrected chi connectivity index (χ2v) is 5.43. The van der Waals surface area contributed by atoms with Gasteiger partial charge in [-0.25, -0.2) is 0 Å².